The molecular weight excluding hydrogens is 312 g/mol. The maximum atomic E-state index is 11.9. The maximum Gasteiger partial charge on any atom is 0.325 e. The molecule has 0 aliphatic heterocycles. The highest BCUT2D eigenvalue weighted by molar-refractivity contribution is 5.94. The highest BCUT2D eigenvalue weighted by atomic mass is 16.4. The van der Waals surface area contributed by atoms with Crippen molar-refractivity contribution in [2.75, 3.05) is 0 Å². The van der Waals surface area contributed by atoms with Crippen molar-refractivity contribution in [3.8, 4) is 0 Å². The lowest BCUT2D eigenvalue weighted by atomic mass is 10.1. The summed E-state index contributed by atoms with van der Waals surface area (Å²) in [5.74, 6) is -5.11. The van der Waals surface area contributed by atoms with Gasteiger partial charge in [0.25, 0.3) is 0 Å². The van der Waals surface area contributed by atoms with E-state index in [9.17, 15) is 24.0 Å². The average Bonchev–Trinajstić information content (AvgIpc) is 2.42. The summed E-state index contributed by atoms with van der Waals surface area (Å²) >= 11 is 0. The maximum absolute atomic E-state index is 11.9. The number of nitrogens with two attached hydrogens (primary N) is 2. The molecule has 130 valence electrons. The number of nitrogens with one attached hydrogen (secondary N) is 2. The minimum absolute atomic E-state index is 0.169. The fourth-order valence-corrected chi connectivity index (χ4v) is 1.48. The highest BCUT2D eigenvalue weighted by Gasteiger charge is 2.27. The SMILES string of the molecule is CC(NC(=O)C(CC(N)=O)NC(=O)C(N)CCC(=O)O)C(=O)O. The molecule has 0 fully saturated rings. The lowest BCUT2D eigenvalue weighted by Gasteiger charge is -2.20. The Morgan fingerprint density at radius 3 is 2.04 bits per heavy atom. The monoisotopic (exact) mass is 332 g/mol. The van der Waals surface area contributed by atoms with E-state index in [1.165, 1.54) is 6.92 Å². The van der Waals surface area contributed by atoms with Gasteiger partial charge < -0.3 is 32.3 Å². The minimum atomic E-state index is -1.40. The van der Waals surface area contributed by atoms with Gasteiger partial charge in [-0.3, -0.25) is 24.0 Å². The van der Waals surface area contributed by atoms with E-state index in [2.05, 4.69) is 10.6 Å². The average molecular weight is 332 g/mol. The Balaban J connectivity index is 4.80. The van der Waals surface area contributed by atoms with E-state index in [4.69, 9.17) is 21.7 Å². The van der Waals surface area contributed by atoms with Crippen LogP contribution in [0.25, 0.3) is 0 Å². The summed E-state index contributed by atoms with van der Waals surface area (Å²) in [5.41, 5.74) is 10.5. The number of rotatable bonds is 10. The summed E-state index contributed by atoms with van der Waals surface area (Å²) in [6, 6.07) is -3.85. The predicted molar refractivity (Wildman–Crippen MR) is 75.8 cm³/mol. The lowest BCUT2D eigenvalue weighted by Crippen LogP contribution is -2.55. The lowest BCUT2D eigenvalue weighted by molar-refractivity contribution is -0.141. The molecule has 23 heavy (non-hydrogen) atoms. The van der Waals surface area contributed by atoms with Gasteiger partial charge in [-0.25, -0.2) is 0 Å². The van der Waals surface area contributed by atoms with Crippen molar-refractivity contribution in [3.05, 3.63) is 0 Å². The molecule has 3 unspecified atom stereocenters. The van der Waals surface area contributed by atoms with Gasteiger partial charge in [0.15, 0.2) is 0 Å². The van der Waals surface area contributed by atoms with Crippen LogP contribution in [0.15, 0.2) is 0 Å². The quantitative estimate of drug-likeness (QED) is 0.245. The molecule has 0 heterocycles. The number of carboxylic acids is 2. The summed E-state index contributed by atoms with van der Waals surface area (Å²) < 4.78 is 0. The van der Waals surface area contributed by atoms with Crippen LogP contribution in [-0.2, 0) is 24.0 Å². The Labute approximate surface area is 131 Å². The van der Waals surface area contributed by atoms with Crippen molar-refractivity contribution in [2.45, 2.75) is 44.3 Å². The van der Waals surface area contributed by atoms with Crippen LogP contribution in [0.1, 0.15) is 26.2 Å². The Morgan fingerprint density at radius 1 is 1.04 bits per heavy atom. The Bertz CT molecular complexity index is 494. The van der Waals surface area contributed by atoms with Gasteiger partial charge in [0, 0.05) is 6.42 Å². The second kappa shape index (κ2) is 9.35. The Hall–Kier alpha value is -2.69. The number of carbonyl (C=O) groups is 5. The normalized spacial score (nSPS) is 14.2. The van der Waals surface area contributed by atoms with Crippen LogP contribution in [-0.4, -0.2) is 58.0 Å². The van der Waals surface area contributed by atoms with Crippen LogP contribution in [0, 0.1) is 0 Å². The van der Waals surface area contributed by atoms with Crippen LogP contribution in [0.5, 0.6) is 0 Å². The van der Waals surface area contributed by atoms with Crippen LogP contribution < -0.4 is 22.1 Å². The van der Waals surface area contributed by atoms with E-state index in [-0.39, 0.29) is 12.8 Å². The van der Waals surface area contributed by atoms with Gasteiger partial charge in [-0.1, -0.05) is 0 Å². The molecule has 11 heteroatoms. The number of primary amides is 1. The second-order valence-electron chi connectivity index (χ2n) is 4.84. The number of amides is 3. The summed E-state index contributed by atoms with van der Waals surface area (Å²) in [6.45, 7) is 1.20. The fourth-order valence-electron chi connectivity index (χ4n) is 1.48. The van der Waals surface area contributed by atoms with Crippen LogP contribution in [0.3, 0.4) is 0 Å². The molecule has 0 saturated heterocycles. The molecule has 0 aliphatic carbocycles. The molecule has 3 amide bonds. The van der Waals surface area contributed by atoms with Gasteiger partial charge in [0.1, 0.15) is 12.1 Å². The molecule has 0 saturated carbocycles. The highest BCUT2D eigenvalue weighted by Crippen LogP contribution is 1.99. The first kappa shape index (κ1) is 20.3. The Morgan fingerprint density at radius 2 is 1.61 bits per heavy atom. The van der Waals surface area contributed by atoms with Gasteiger partial charge in [0.2, 0.25) is 17.7 Å². The number of carbonyl (C=O) groups excluding carboxylic acids is 3. The van der Waals surface area contributed by atoms with Gasteiger partial charge in [-0.2, -0.15) is 0 Å². The molecule has 8 N–H and O–H groups in total. The molecule has 0 aromatic carbocycles. The topological polar surface area (TPSA) is 202 Å². The summed E-state index contributed by atoms with van der Waals surface area (Å²) in [4.78, 5) is 55.8. The van der Waals surface area contributed by atoms with E-state index in [1.54, 1.807) is 0 Å². The molecule has 0 aliphatic rings. The smallest absolute Gasteiger partial charge is 0.325 e. The summed E-state index contributed by atoms with van der Waals surface area (Å²) in [6.07, 6.45) is -1.08. The largest absolute Gasteiger partial charge is 0.481 e. The zero-order valence-electron chi connectivity index (χ0n) is 12.4. The third kappa shape index (κ3) is 8.36. The van der Waals surface area contributed by atoms with E-state index in [0.717, 1.165) is 0 Å². The van der Waals surface area contributed by atoms with Crippen molar-refractivity contribution in [1.82, 2.24) is 10.6 Å². The summed E-state index contributed by atoms with van der Waals surface area (Å²) in [7, 11) is 0. The second-order valence-corrected chi connectivity index (χ2v) is 4.84. The first-order chi connectivity index (χ1) is 10.5. The molecule has 0 spiro atoms. The number of aliphatic carboxylic acids is 2. The zero-order chi connectivity index (χ0) is 18.2. The molecule has 0 aromatic heterocycles. The van der Waals surface area contributed by atoms with Crippen molar-refractivity contribution < 1.29 is 34.2 Å². The van der Waals surface area contributed by atoms with Crippen LogP contribution >= 0.6 is 0 Å². The van der Waals surface area contributed by atoms with Crippen molar-refractivity contribution in [3.63, 3.8) is 0 Å². The Kier molecular flexibility index (Phi) is 8.26. The van der Waals surface area contributed by atoms with Gasteiger partial charge in [0.05, 0.1) is 12.5 Å². The molecule has 0 rings (SSSR count). The predicted octanol–water partition coefficient (Wildman–Crippen LogP) is -2.87. The first-order valence-corrected chi connectivity index (χ1v) is 6.63. The van der Waals surface area contributed by atoms with Gasteiger partial charge >= 0.3 is 11.9 Å². The third-order valence-corrected chi connectivity index (χ3v) is 2.77. The number of carboxylic acid groups (broad SMARTS) is 2. The van der Waals surface area contributed by atoms with Crippen LogP contribution in [0.4, 0.5) is 0 Å². The van der Waals surface area contributed by atoms with E-state index < -0.39 is 54.2 Å². The number of hydrogen-bond acceptors (Lipinski definition) is 6. The zero-order valence-corrected chi connectivity index (χ0v) is 12.4. The standard InChI is InChI=1S/C12H20N4O7/c1-5(12(22)23)15-11(21)7(4-8(14)17)16-10(20)6(13)2-3-9(18)19/h5-7H,2-4,13H2,1H3,(H2,14,17)(H,15,21)(H,16,20)(H,18,19)(H,22,23). The molecular formula is C12H20N4O7. The molecule has 0 radical (unpaired) electrons. The number of hydrogen-bond donors (Lipinski definition) is 6. The van der Waals surface area contributed by atoms with Crippen LogP contribution in [0.2, 0.25) is 0 Å². The van der Waals surface area contributed by atoms with Crippen molar-refractivity contribution in [2.24, 2.45) is 11.5 Å². The molecule has 3 atom stereocenters. The molecule has 11 nitrogen and oxygen atoms in total. The summed E-state index contributed by atoms with van der Waals surface area (Å²) in [5, 5.41) is 21.5. The fraction of sp³-hybridized carbons (Fsp3) is 0.583. The molecule has 0 aromatic rings. The van der Waals surface area contributed by atoms with Crippen molar-refractivity contribution in [1.29, 1.82) is 0 Å². The van der Waals surface area contributed by atoms with E-state index in [1.807, 2.05) is 0 Å². The van der Waals surface area contributed by atoms with E-state index in [0.29, 0.717) is 0 Å². The van der Waals surface area contributed by atoms with E-state index >= 15 is 0 Å². The molecule has 0 bridgehead atoms. The third-order valence-electron chi connectivity index (χ3n) is 2.77. The van der Waals surface area contributed by atoms with Gasteiger partial charge in [-0.05, 0) is 13.3 Å². The minimum Gasteiger partial charge on any atom is -0.481 e. The van der Waals surface area contributed by atoms with Gasteiger partial charge in [-0.15, -0.1) is 0 Å². The van der Waals surface area contributed by atoms with Crippen molar-refractivity contribution >= 4 is 29.7 Å². The first-order valence-electron chi connectivity index (χ1n) is 6.63.